The van der Waals surface area contributed by atoms with E-state index in [0.717, 1.165) is 6.07 Å². The summed E-state index contributed by atoms with van der Waals surface area (Å²) in [5.41, 5.74) is 0.757. The molecule has 0 saturated heterocycles. The second-order valence-electron chi connectivity index (χ2n) is 7.38. The van der Waals surface area contributed by atoms with E-state index in [0.29, 0.717) is 34.9 Å². The first-order valence-electron chi connectivity index (χ1n) is 10.3. The Balaban J connectivity index is 1.77. The Labute approximate surface area is 189 Å². The molecule has 4 rings (SSSR count). The summed E-state index contributed by atoms with van der Waals surface area (Å²) in [6.07, 6.45) is -2.53. The van der Waals surface area contributed by atoms with E-state index in [1.54, 1.807) is 49.5 Å². The minimum absolute atomic E-state index is 0.0278. The van der Waals surface area contributed by atoms with Gasteiger partial charge in [0.2, 0.25) is 0 Å². The number of imidazole rings is 1. The van der Waals surface area contributed by atoms with Gasteiger partial charge in [0.1, 0.15) is 17.1 Å². The number of aryl methyl sites for hydroxylation is 1. The number of benzene rings is 2. The highest BCUT2D eigenvalue weighted by Gasteiger charge is 2.34. The molecule has 0 radical (unpaired) electrons. The number of nitrogens with zero attached hydrogens (tertiary/aromatic N) is 2. The van der Waals surface area contributed by atoms with E-state index in [1.165, 1.54) is 22.6 Å². The first-order valence-corrected chi connectivity index (χ1v) is 12.0. The first-order chi connectivity index (χ1) is 15.6. The molecule has 0 aliphatic carbocycles. The lowest BCUT2D eigenvalue weighted by molar-refractivity contribution is -0.136. The van der Waals surface area contributed by atoms with Crippen LogP contribution in [0.5, 0.6) is 11.5 Å². The average Bonchev–Trinajstić information content (AvgIpc) is 3.17. The SMILES string of the molecule is CCc1nc2c(C(F)(F)F)cccn2c1-c1cccc(Oc2cccc(S(=O)(=O)CC)c2)c1. The largest absolute Gasteiger partial charge is 0.457 e. The number of pyridine rings is 1. The van der Waals surface area contributed by atoms with Gasteiger partial charge in [-0.25, -0.2) is 13.4 Å². The maximum Gasteiger partial charge on any atom is 0.419 e. The molecular formula is C24H21F3N2O3S. The molecule has 2 heterocycles. The zero-order chi connectivity index (χ0) is 23.8. The summed E-state index contributed by atoms with van der Waals surface area (Å²) in [5.74, 6) is 0.734. The second-order valence-corrected chi connectivity index (χ2v) is 9.66. The van der Waals surface area contributed by atoms with Crippen LogP contribution in [0.4, 0.5) is 13.2 Å². The van der Waals surface area contributed by atoms with Gasteiger partial charge in [-0.15, -0.1) is 0 Å². The molecule has 0 atom stereocenters. The zero-order valence-electron chi connectivity index (χ0n) is 17.9. The molecule has 0 bridgehead atoms. The Morgan fingerprint density at radius 2 is 1.67 bits per heavy atom. The normalized spacial score (nSPS) is 12.3. The molecular weight excluding hydrogens is 453 g/mol. The van der Waals surface area contributed by atoms with Crippen LogP contribution in [-0.2, 0) is 22.4 Å². The van der Waals surface area contributed by atoms with E-state index in [-0.39, 0.29) is 16.3 Å². The molecule has 0 amide bonds. The summed E-state index contributed by atoms with van der Waals surface area (Å²) in [5, 5.41) is 0. The number of halogens is 3. The Morgan fingerprint density at radius 1 is 0.970 bits per heavy atom. The first kappa shape index (κ1) is 22.8. The van der Waals surface area contributed by atoms with Gasteiger partial charge < -0.3 is 4.74 Å². The number of ether oxygens (including phenoxy) is 1. The van der Waals surface area contributed by atoms with Gasteiger partial charge in [0, 0.05) is 11.8 Å². The van der Waals surface area contributed by atoms with Crippen molar-refractivity contribution in [3.63, 3.8) is 0 Å². The van der Waals surface area contributed by atoms with E-state index in [4.69, 9.17) is 4.74 Å². The summed E-state index contributed by atoms with van der Waals surface area (Å²) in [4.78, 5) is 4.43. The maximum atomic E-state index is 13.5. The third-order valence-electron chi connectivity index (χ3n) is 5.25. The molecule has 0 unspecified atom stereocenters. The molecule has 2 aromatic carbocycles. The Hall–Kier alpha value is -3.33. The summed E-state index contributed by atoms with van der Waals surface area (Å²) in [6.45, 7) is 3.40. The molecule has 0 fully saturated rings. The third-order valence-corrected chi connectivity index (χ3v) is 6.98. The molecule has 33 heavy (non-hydrogen) atoms. The summed E-state index contributed by atoms with van der Waals surface area (Å²) in [6, 6.07) is 15.5. The van der Waals surface area contributed by atoms with Crippen molar-refractivity contribution in [2.45, 2.75) is 31.3 Å². The van der Waals surface area contributed by atoms with E-state index < -0.39 is 21.6 Å². The monoisotopic (exact) mass is 474 g/mol. The van der Waals surface area contributed by atoms with Gasteiger partial charge >= 0.3 is 6.18 Å². The van der Waals surface area contributed by atoms with Gasteiger partial charge in [0.25, 0.3) is 0 Å². The number of hydrogen-bond acceptors (Lipinski definition) is 4. The molecule has 0 saturated carbocycles. The average molecular weight is 475 g/mol. The lowest BCUT2D eigenvalue weighted by Crippen LogP contribution is -2.07. The smallest absolute Gasteiger partial charge is 0.419 e. The molecule has 0 spiro atoms. The topological polar surface area (TPSA) is 60.7 Å². The number of rotatable bonds is 6. The third kappa shape index (κ3) is 4.45. The molecule has 0 N–H and O–H groups in total. The van der Waals surface area contributed by atoms with Gasteiger partial charge in [-0.3, -0.25) is 4.40 Å². The number of hydrogen-bond donors (Lipinski definition) is 0. The van der Waals surface area contributed by atoms with Crippen molar-refractivity contribution in [1.82, 2.24) is 9.38 Å². The van der Waals surface area contributed by atoms with Crippen LogP contribution < -0.4 is 4.74 Å². The quantitative estimate of drug-likeness (QED) is 0.335. The van der Waals surface area contributed by atoms with Crippen molar-refractivity contribution in [3.8, 4) is 22.8 Å². The number of fused-ring (bicyclic) bond motifs is 1. The molecule has 4 aromatic rings. The highest BCUT2D eigenvalue weighted by molar-refractivity contribution is 7.91. The lowest BCUT2D eigenvalue weighted by atomic mass is 10.1. The van der Waals surface area contributed by atoms with Crippen molar-refractivity contribution >= 4 is 15.5 Å². The standard InChI is InChI=1S/C24H21F3N2O3S/c1-3-21-22(29-13-7-12-20(23(29)28-21)24(25,26)27)16-8-5-9-17(14-16)32-18-10-6-11-19(15-18)33(30,31)4-2/h5-15H,3-4H2,1-2H3. The van der Waals surface area contributed by atoms with E-state index in [2.05, 4.69) is 4.98 Å². The van der Waals surface area contributed by atoms with E-state index in [1.807, 2.05) is 6.92 Å². The summed E-state index contributed by atoms with van der Waals surface area (Å²) < 4.78 is 72.1. The predicted octanol–water partition coefficient (Wildman–Crippen LogP) is 6.17. The fourth-order valence-electron chi connectivity index (χ4n) is 3.63. The van der Waals surface area contributed by atoms with Crippen LogP contribution in [0.15, 0.2) is 71.8 Å². The highest BCUT2D eigenvalue weighted by Crippen LogP contribution is 2.36. The number of aromatic nitrogens is 2. The molecule has 172 valence electrons. The van der Waals surface area contributed by atoms with E-state index >= 15 is 0 Å². The lowest BCUT2D eigenvalue weighted by Gasteiger charge is -2.11. The minimum Gasteiger partial charge on any atom is -0.457 e. The van der Waals surface area contributed by atoms with Crippen molar-refractivity contribution in [3.05, 3.63) is 78.1 Å². The molecule has 2 aromatic heterocycles. The molecule has 9 heteroatoms. The summed E-state index contributed by atoms with van der Waals surface area (Å²) in [7, 11) is -3.39. The minimum atomic E-state index is -4.52. The van der Waals surface area contributed by atoms with Crippen LogP contribution in [0.3, 0.4) is 0 Å². The zero-order valence-corrected chi connectivity index (χ0v) is 18.7. The van der Waals surface area contributed by atoms with Crippen LogP contribution in [0.1, 0.15) is 25.1 Å². The highest BCUT2D eigenvalue weighted by atomic mass is 32.2. The van der Waals surface area contributed by atoms with Gasteiger partial charge in [-0.2, -0.15) is 13.2 Å². The fraction of sp³-hybridized carbons (Fsp3) is 0.208. The Kier molecular flexibility index (Phi) is 5.92. The number of sulfone groups is 1. The Bertz CT molecular complexity index is 1430. The predicted molar refractivity (Wildman–Crippen MR) is 119 cm³/mol. The molecule has 0 aliphatic heterocycles. The van der Waals surface area contributed by atoms with Gasteiger partial charge in [-0.1, -0.05) is 32.0 Å². The van der Waals surface area contributed by atoms with E-state index in [9.17, 15) is 21.6 Å². The molecule has 5 nitrogen and oxygen atoms in total. The molecule has 0 aliphatic rings. The van der Waals surface area contributed by atoms with Crippen molar-refractivity contribution < 1.29 is 26.3 Å². The summed E-state index contributed by atoms with van der Waals surface area (Å²) >= 11 is 0. The van der Waals surface area contributed by atoms with Crippen molar-refractivity contribution in [2.24, 2.45) is 0 Å². The second kappa shape index (κ2) is 8.55. The Morgan fingerprint density at radius 3 is 2.33 bits per heavy atom. The maximum absolute atomic E-state index is 13.5. The van der Waals surface area contributed by atoms with Crippen LogP contribution in [0, 0.1) is 0 Å². The van der Waals surface area contributed by atoms with Crippen LogP contribution in [-0.4, -0.2) is 23.6 Å². The van der Waals surface area contributed by atoms with Crippen LogP contribution in [0.25, 0.3) is 16.9 Å². The van der Waals surface area contributed by atoms with Crippen LogP contribution in [0.2, 0.25) is 0 Å². The van der Waals surface area contributed by atoms with Crippen molar-refractivity contribution in [2.75, 3.05) is 5.75 Å². The van der Waals surface area contributed by atoms with Crippen molar-refractivity contribution in [1.29, 1.82) is 0 Å². The van der Waals surface area contributed by atoms with Crippen LogP contribution >= 0.6 is 0 Å². The van der Waals surface area contributed by atoms with Gasteiger partial charge in [0.15, 0.2) is 9.84 Å². The van der Waals surface area contributed by atoms with Gasteiger partial charge in [0.05, 0.1) is 27.6 Å². The fourth-order valence-corrected chi connectivity index (χ4v) is 4.54. The number of alkyl halides is 3. The van der Waals surface area contributed by atoms with Gasteiger partial charge in [-0.05, 0) is 48.9 Å².